The number of para-hydroxylation sites is 2. The molecule has 8 heteroatoms. The molecular weight excluding hydrogens is 388 g/mol. The lowest BCUT2D eigenvalue weighted by atomic mass is 10.1. The highest BCUT2D eigenvalue weighted by Gasteiger charge is 2.21. The maximum absolute atomic E-state index is 12.9. The number of aryl methyl sites for hydroxylation is 3. The molecule has 152 valence electrons. The van der Waals surface area contributed by atoms with Crippen molar-refractivity contribution >= 4 is 22.9 Å². The summed E-state index contributed by atoms with van der Waals surface area (Å²) in [6.45, 7) is 8.05. The highest BCUT2D eigenvalue weighted by Crippen LogP contribution is 2.30. The summed E-state index contributed by atoms with van der Waals surface area (Å²) in [6, 6.07) is 7.32. The Kier molecular flexibility index (Phi) is 6.12. The van der Waals surface area contributed by atoms with Gasteiger partial charge in [-0.15, -0.1) is 11.3 Å². The Morgan fingerprint density at radius 1 is 1.21 bits per heavy atom. The van der Waals surface area contributed by atoms with E-state index < -0.39 is 0 Å². The molecule has 0 atom stereocenters. The Labute approximate surface area is 173 Å². The molecule has 29 heavy (non-hydrogen) atoms. The van der Waals surface area contributed by atoms with E-state index in [9.17, 15) is 9.59 Å². The van der Waals surface area contributed by atoms with Gasteiger partial charge in [0.2, 0.25) is 0 Å². The summed E-state index contributed by atoms with van der Waals surface area (Å²) in [5.74, 6) is 0.346. The molecule has 2 heterocycles. The SMILES string of the molecule is CCCOc1ccccc1NC(=O)c1sc(-c2c(C)c(C)nn(C)c2=O)nc1C. The van der Waals surface area contributed by atoms with Crippen LogP contribution >= 0.6 is 11.3 Å². The van der Waals surface area contributed by atoms with Crippen molar-refractivity contribution in [2.75, 3.05) is 11.9 Å². The molecule has 0 bridgehead atoms. The minimum Gasteiger partial charge on any atom is -0.491 e. The summed E-state index contributed by atoms with van der Waals surface area (Å²) in [6.07, 6.45) is 0.874. The Morgan fingerprint density at radius 2 is 1.93 bits per heavy atom. The Hall–Kier alpha value is -3.00. The molecule has 0 aliphatic rings. The van der Waals surface area contributed by atoms with Crippen molar-refractivity contribution in [1.29, 1.82) is 0 Å². The first-order valence-corrected chi connectivity index (χ1v) is 10.2. The van der Waals surface area contributed by atoms with Crippen LogP contribution in [0.5, 0.6) is 5.75 Å². The number of anilines is 1. The number of benzene rings is 1. The van der Waals surface area contributed by atoms with E-state index >= 15 is 0 Å². The summed E-state index contributed by atoms with van der Waals surface area (Å²) in [7, 11) is 1.61. The summed E-state index contributed by atoms with van der Waals surface area (Å²) >= 11 is 1.20. The number of thiazole rings is 1. The minimum absolute atomic E-state index is 0.230. The second kappa shape index (κ2) is 8.57. The summed E-state index contributed by atoms with van der Waals surface area (Å²) in [5.41, 5.74) is 2.96. The van der Waals surface area contributed by atoms with Crippen LogP contribution in [-0.4, -0.2) is 27.3 Å². The molecule has 3 aromatic rings. The largest absolute Gasteiger partial charge is 0.491 e. The average molecular weight is 413 g/mol. The van der Waals surface area contributed by atoms with Crippen LogP contribution in [0.15, 0.2) is 29.1 Å². The number of carbonyl (C=O) groups excluding carboxylic acids is 1. The lowest BCUT2D eigenvalue weighted by Crippen LogP contribution is -2.23. The van der Waals surface area contributed by atoms with Gasteiger partial charge >= 0.3 is 0 Å². The number of hydrogen-bond acceptors (Lipinski definition) is 6. The number of aromatic nitrogens is 3. The zero-order chi connectivity index (χ0) is 21.1. The predicted octanol–water partition coefficient (Wildman–Crippen LogP) is 3.87. The van der Waals surface area contributed by atoms with E-state index in [2.05, 4.69) is 15.4 Å². The van der Waals surface area contributed by atoms with E-state index in [-0.39, 0.29) is 11.5 Å². The fourth-order valence-electron chi connectivity index (χ4n) is 2.90. The Morgan fingerprint density at radius 3 is 2.66 bits per heavy atom. The molecule has 1 amide bonds. The molecule has 0 aliphatic heterocycles. The molecule has 0 saturated carbocycles. The van der Waals surface area contributed by atoms with Gasteiger partial charge in [-0.2, -0.15) is 5.10 Å². The lowest BCUT2D eigenvalue weighted by Gasteiger charge is -2.11. The molecule has 0 fully saturated rings. The third-order valence-corrected chi connectivity index (χ3v) is 5.71. The molecule has 1 N–H and O–H groups in total. The zero-order valence-corrected chi connectivity index (χ0v) is 18.0. The Balaban J connectivity index is 1.95. The first-order valence-electron chi connectivity index (χ1n) is 9.39. The number of rotatable bonds is 6. The van der Waals surface area contributed by atoms with Crippen LogP contribution in [-0.2, 0) is 7.05 Å². The molecule has 0 radical (unpaired) electrons. The Bertz CT molecular complexity index is 1120. The number of nitrogens with zero attached hydrogens (tertiary/aromatic N) is 3. The zero-order valence-electron chi connectivity index (χ0n) is 17.2. The highest BCUT2D eigenvalue weighted by molar-refractivity contribution is 7.17. The maximum Gasteiger partial charge on any atom is 0.277 e. The van der Waals surface area contributed by atoms with E-state index in [0.717, 1.165) is 17.7 Å². The molecular formula is C21H24N4O3S. The molecule has 1 aromatic carbocycles. The topological polar surface area (TPSA) is 86.1 Å². The first kappa shape index (κ1) is 20.7. The van der Waals surface area contributed by atoms with Gasteiger partial charge in [0.25, 0.3) is 11.5 Å². The van der Waals surface area contributed by atoms with Crippen LogP contribution in [0, 0.1) is 20.8 Å². The van der Waals surface area contributed by atoms with Crippen molar-refractivity contribution in [3.05, 3.63) is 56.4 Å². The lowest BCUT2D eigenvalue weighted by molar-refractivity contribution is 0.102. The molecule has 7 nitrogen and oxygen atoms in total. The van der Waals surface area contributed by atoms with Crippen molar-refractivity contribution in [2.24, 2.45) is 7.05 Å². The van der Waals surface area contributed by atoms with Gasteiger partial charge in [0.05, 0.1) is 29.2 Å². The summed E-state index contributed by atoms with van der Waals surface area (Å²) in [5, 5.41) is 7.63. The summed E-state index contributed by atoms with van der Waals surface area (Å²) in [4.78, 5) is 30.5. The molecule has 0 spiro atoms. The molecule has 0 aliphatic carbocycles. The fraction of sp³-hybridized carbons (Fsp3) is 0.333. The van der Waals surface area contributed by atoms with Gasteiger partial charge in [-0.25, -0.2) is 9.67 Å². The van der Waals surface area contributed by atoms with Crippen LogP contribution in [0.2, 0.25) is 0 Å². The van der Waals surface area contributed by atoms with Gasteiger partial charge in [-0.05, 0) is 44.9 Å². The van der Waals surface area contributed by atoms with Crippen LogP contribution in [0.1, 0.15) is 40.0 Å². The van der Waals surface area contributed by atoms with Gasteiger partial charge in [0.15, 0.2) is 0 Å². The van der Waals surface area contributed by atoms with Crippen LogP contribution < -0.4 is 15.6 Å². The van der Waals surface area contributed by atoms with Crippen molar-refractivity contribution in [3.63, 3.8) is 0 Å². The number of hydrogen-bond donors (Lipinski definition) is 1. The number of ether oxygens (including phenoxy) is 1. The normalized spacial score (nSPS) is 10.8. The van der Waals surface area contributed by atoms with E-state index in [1.165, 1.54) is 16.0 Å². The van der Waals surface area contributed by atoms with Gasteiger partial charge in [-0.3, -0.25) is 9.59 Å². The average Bonchev–Trinajstić information content (AvgIpc) is 3.07. The quantitative estimate of drug-likeness (QED) is 0.664. The fourth-order valence-corrected chi connectivity index (χ4v) is 3.96. The second-order valence-corrected chi connectivity index (χ2v) is 7.75. The van der Waals surface area contributed by atoms with Gasteiger partial charge in [0, 0.05) is 7.05 Å². The van der Waals surface area contributed by atoms with Crippen LogP contribution in [0.3, 0.4) is 0 Å². The van der Waals surface area contributed by atoms with Gasteiger partial charge < -0.3 is 10.1 Å². The smallest absolute Gasteiger partial charge is 0.277 e. The van der Waals surface area contributed by atoms with Gasteiger partial charge in [-0.1, -0.05) is 19.1 Å². The predicted molar refractivity (Wildman–Crippen MR) is 115 cm³/mol. The van der Waals surface area contributed by atoms with Crippen molar-refractivity contribution in [1.82, 2.24) is 14.8 Å². The van der Waals surface area contributed by atoms with E-state index in [4.69, 9.17) is 4.74 Å². The number of carbonyl (C=O) groups is 1. The van der Waals surface area contributed by atoms with Gasteiger partial charge in [0.1, 0.15) is 15.6 Å². The van der Waals surface area contributed by atoms with E-state index in [0.29, 0.717) is 39.2 Å². The third kappa shape index (κ3) is 4.22. The molecule has 2 aromatic heterocycles. The summed E-state index contributed by atoms with van der Waals surface area (Å²) < 4.78 is 7.01. The molecule has 0 unspecified atom stereocenters. The second-order valence-electron chi connectivity index (χ2n) is 6.75. The first-order chi connectivity index (χ1) is 13.8. The standard InChI is InChI=1S/C21H24N4O3S/c1-6-11-28-16-10-8-7-9-15(16)23-19(26)18-14(4)22-20(29-18)17-12(2)13(3)24-25(5)21(17)27/h7-10H,6,11H2,1-5H3,(H,23,26). The number of amides is 1. The third-order valence-electron chi connectivity index (χ3n) is 4.54. The van der Waals surface area contributed by atoms with Crippen molar-refractivity contribution < 1.29 is 9.53 Å². The van der Waals surface area contributed by atoms with Crippen LogP contribution in [0.4, 0.5) is 5.69 Å². The van der Waals surface area contributed by atoms with Crippen molar-refractivity contribution in [3.8, 4) is 16.3 Å². The highest BCUT2D eigenvalue weighted by atomic mass is 32.1. The van der Waals surface area contributed by atoms with E-state index in [1.807, 2.05) is 39.0 Å². The minimum atomic E-state index is -0.279. The van der Waals surface area contributed by atoms with E-state index in [1.54, 1.807) is 20.0 Å². The van der Waals surface area contributed by atoms with Crippen molar-refractivity contribution in [2.45, 2.75) is 34.1 Å². The molecule has 0 saturated heterocycles. The van der Waals surface area contributed by atoms with Crippen LogP contribution in [0.25, 0.3) is 10.6 Å². The monoisotopic (exact) mass is 412 g/mol. The number of nitrogens with one attached hydrogen (secondary N) is 1. The maximum atomic E-state index is 12.9. The molecule has 3 rings (SSSR count).